The van der Waals surface area contributed by atoms with Gasteiger partial charge in [-0.1, -0.05) is 6.07 Å². The Kier molecular flexibility index (Phi) is 4.85. The van der Waals surface area contributed by atoms with Crippen molar-refractivity contribution in [1.82, 2.24) is 9.97 Å². The number of anilines is 2. The molecule has 0 aliphatic carbocycles. The van der Waals surface area contributed by atoms with E-state index in [1.165, 1.54) is 12.8 Å². The van der Waals surface area contributed by atoms with Crippen LogP contribution in [0.5, 0.6) is 0 Å². The summed E-state index contributed by atoms with van der Waals surface area (Å²) >= 11 is 1.72. The third-order valence-corrected chi connectivity index (χ3v) is 4.44. The molecule has 3 rings (SSSR count). The Hall–Kier alpha value is -2.15. The maximum atomic E-state index is 5.85. The highest BCUT2D eigenvalue weighted by molar-refractivity contribution is 7.13. The number of nitrogens with one attached hydrogen (secondary N) is 1. The summed E-state index contributed by atoms with van der Waals surface area (Å²) in [6.45, 7) is 2.88. The summed E-state index contributed by atoms with van der Waals surface area (Å²) in [7, 11) is 0. The lowest BCUT2D eigenvalue weighted by Gasteiger charge is -2.12. The molecule has 1 saturated heterocycles. The van der Waals surface area contributed by atoms with E-state index >= 15 is 0 Å². The van der Waals surface area contributed by atoms with Crippen molar-refractivity contribution in [3.63, 3.8) is 0 Å². The van der Waals surface area contributed by atoms with Crippen LogP contribution in [0, 0.1) is 0 Å². The minimum atomic E-state index is 0.383. The van der Waals surface area contributed by atoms with E-state index in [2.05, 4.69) is 30.6 Å². The number of nitrogens with zero attached hydrogens (tertiary/aromatic N) is 4. The van der Waals surface area contributed by atoms with Gasteiger partial charge in [0.25, 0.3) is 0 Å². The molecule has 6 nitrogen and oxygen atoms in total. The van der Waals surface area contributed by atoms with Crippen molar-refractivity contribution in [3.8, 4) is 0 Å². The molecule has 22 heavy (non-hydrogen) atoms. The van der Waals surface area contributed by atoms with E-state index in [1.54, 1.807) is 17.5 Å². The fraction of sp³-hybridized carbons (Fsp3) is 0.400. The van der Waals surface area contributed by atoms with Crippen LogP contribution in [0.1, 0.15) is 18.5 Å². The van der Waals surface area contributed by atoms with Gasteiger partial charge in [0.1, 0.15) is 5.82 Å². The highest BCUT2D eigenvalue weighted by Gasteiger charge is 2.15. The first-order valence-corrected chi connectivity index (χ1v) is 8.36. The van der Waals surface area contributed by atoms with Crippen molar-refractivity contribution in [2.75, 3.05) is 29.9 Å². The monoisotopic (exact) mass is 316 g/mol. The maximum Gasteiger partial charge on any atom is 0.194 e. The van der Waals surface area contributed by atoms with Gasteiger partial charge in [0.2, 0.25) is 0 Å². The zero-order chi connectivity index (χ0) is 15.2. The number of hydrogen-bond donors (Lipinski definition) is 2. The molecule has 0 spiro atoms. The quantitative estimate of drug-likeness (QED) is 0.652. The van der Waals surface area contributed by atoms with Gasteiger partial charge in [-0.05, 0) is 25.0 Å². The Labute approximate surface area is 134 Å². The van der Waals surface area contributed by atoms with Crippen LogP contribution in [-0.4, -0.2) is 35.6 Å². The number of pyridine rings is 1. The molecule has 0 amide bonds. The summed E-state index contributed by atoms with van der Waals surface area (Å²) in [5.41, 5.74) is 6.93. The zero-order valence-electron chi connectivity index (χ0n) is 12.4. The average Bonchev–Trinajstić information content (AvgIpc) is 3.19. The van der Waals surface area contributed by atoms with Crippen LogP contribution < -0.4 is 16.0 Å². The predicted molar refractivity (Wildman–Crippen MR) is 91.6 cm³/mol. The Morgan fingerprint density at radius 1 is 1.36 bits per heavy atom. The van der Waals surface area contributed by atoms with Gasteiger partial charge in [-0.2, -0.15) is 0 Å². The number of aromatic nitrogens is 2. The molecule has 0 radical (unpaired) electrons. The normalized spacial score (nSPS) is 15.3. The Balaban J connectivity index is 1.48. The van der Waals surface area contributed by atoms with E-state index in [-0.39, 0.29) is 0 Å². The lowest BCUT2D eigenvalue weighted by Crippen LogP contribution is -2.23. The van der Waals surface area contributed by atoms with E-state index < -0.39 is 0 Å². The van der Waals surface area contributed by atoms with E-state index in [1.807, 2.05) is 18.2 Å². The predicted octanol–water partition coefficient (Wildman–Crippen LogP) is 2.11. The molecule has 0 bridgehead atoms. The first-order chi connectivity index (χ1) is 10.8. The van der Waals surface area contributed by atoms with Crippen molar-refractivity contribution < 1.29 is 0 Å². The minimum Gasteiger partial charge on any atom is -0.370 e. The van der Waals surface area contributed by atoms with Crippen LogP contribution in [-0.2, 0) is 6.42 Å². The first kappa shape index (κ1) is 14.8. The Morgan fingerprint density at radius 2 is 2.23 bits per heavy atom. The summed E-state index contributed by atoms with van der Waals surface area (Å²) in [5.74, 6) is 1.09. The van der Waals surface area contributed by atoms with Crippen molar-refractivity contribution in [3.05, 3.63) is 35.5 Å². The van der Waals surface area contributed by atoms with Crippen molar-refractivity contribution in [1.29, 1.82) is 0 Å². The molecule has 3 heterocycles. The Bertz CT molecular complexity index is 618. The van der Waals surface area contributed by atoms with Crippen LogP contribution in [0.25, 0.3) is 0 Å². The van der Waals surface area contributed by atoms with Crippen LogP contribution in [0.15, 0.2) is 34.8 Å². The number of hydrogen-bond acceptors (Lipinski definition) is 5. The van der Waals surface area contributed by atoms with Gasteiger partial charge in [-0.3, -0.25) is 4.99 Å². The van der Waals surface area contributed by atoms with E-state index in [0.717, 1.165) is 30.3 Å². The van der Waals surface area contributed by atoms with Gasteiger partial charge >= 0.3 is 0 Å². The van der Waals surface area contributed by atoms with Gasteiger partial charge in [0.05, 0.1) is 5.69 Å². The molecule has 1 fully saturated rings. The molecule has 0 aromatic carbocycles. The molecule has 0 unspecified atom stereocenters. The zero-order valence-corrected chi connectivity index (χ0v) is 13.2. The van der Waals surface area contributed by atoms with Crippen LogP contribution >= 0.6 is 11.3 Å². The average molecular weight is 316 g/mol. The fourth-order valence-corrected chi connectivity index (χ4v) is 3.28. The number of rotatable bonds is 5. The molecule has 116 valence electrons. The highest BCUT2D eigenvalue weighted by atomic mass is 32.1. The number of aliphatic imine (C=N–C) groups is 1. The van der Waals surface area contributed by atoms with Gasteiger partial charge in [0, 0.05) is 37.6 Å². The summed E-state index contributed by atoms with van der Waals surface area (Å²) < 4.78 is 0. The minimum absolute atomic E-state index is 0.383. The molecule has 1 aliphatic heterocycles. The molecule has 7 heteroatoms. The van der Waals surface area contributed by atoms with Crippen LogP contribution in [0.2, 0.25) is 0 Å². The number of guanidine groups is 1. The molecule has 3 N–H and O–H groups in total. The summed E-state index contributed by atoms with van der Waals surface area (Å²) in [6.07, 6.45) is 5.06. The van der Waals surface area contributed by atoms with Crippen molar-refractivity contribution in [2.24, 2.45) is 10.7 Å². The highest BCUT2D eigenvalue weighted by Crippen LogP contribution is 2.24. The molecule has 2 aromatic heterocycles. The molecule has 1 aliphatic rings. The molecule has 2 aromatic rings. The second-order valence-corrected chi connectivity index (χ2v) is 6.01. The third-order valence-electron chi connectivity index (χ3n) is 3.49. The number of thiazole rings is 1. The summed E-state index contributed by atoms with van der Waals surface area (Å²) in [6, 6.07) is 5.61. The van der Waals surface area contributed by atoms with Crippen LogP contribution in [0.4, 0.5) is 10.9 Å². The molecular formula is C15H20N6S. The van der Waals surface area contributed by atoms with Gasteiger partial charge < -0.3 is 16.0 Å². The van der Waals surface area contributed by atoms with Gasteiger partial charge in [-0.15, -0.1) is 11.3 Å². The standard InChI is InChI=1S/C15H20N6S/c16-14(20-13-5-1-2-7-17-13)18-8-6-12-11-22-15(19-12)21-9-3-4-10-21/h1-2,5,7,11H,3-4,6,8-10H2,(H3,16,17,18,20). The van der Waals surface area contributed by atoms with Crippen LogP contribution in [0.3, 0.4) is 0 Å². The smallest absolute Gasteiger partial charge is 0.194 e. The largest absolute Gasteiger partial charge is 0.370 e. The maximum absolute atomic E-state index is 5.85. The van der Waals surface area contributed by atoms with Gasteiger partial charge in [0.15, 0.2) is 11.1 Å². The second-order valence-electron chi connectivity index (χ2n) is 5.17. The lowest BCUT2D eigenvalue weighted by molar-refractivity contribution is 0.906. The molecule has 0 saturated carbocycles. The molecule has 0 atom stereocenters. The third kappa shape index (κ3) is 3.94. The molecular weight excluding hydrogens is 296 g/mol. The van der Waals surface area contributed by atoms with Gasteiger partial charge in [-0.25, -0.2) is 9.97 Å². The van der Waals surface area contributed by atoms with E-state index in [9.17, 15) is 0 Å². The Morgan fingerprint density at radius 3 is 3.00 bits per heavy atom. The van der Waals surface area contributed by atoms with Crippen molar-refractivity contribution >= 4 is 28.2 Å². The fourth-order valence-electron chi connectivity index (χ4n) is 2.36. The lowest BCUT2D eigenvalue weighted by atomic mass is 10.3. The number of nitrogens with two attached hydrogens (primary N) is 1. The SMILES string of the molecule is NC(=NCCc1csc(N2CCCC2)n1)Nc1ccccn1. The summed E-state index contributed by atoms with van der Waals surface area (Å²) in [4.78, 5) is 15.5. The topological polar surface area (TPSA) is 79.4 Å². The van der Waals surface area contributed by atoms with E-state index in [4.69, 9.17) is 5.73 Å². The first-order valence-electron chi connectivity index (χ1n) is 7.48. The summed E-state index contributed by atoms with van der Waals surface area (Å²) in [5, 5.41) is 6.22. The van der Waals surface area contributed by atoms with Crippen molar-refractivity contribution in [2.45, 2.75) is 19.3 Å². The second kappa shape index (κ2) is 7.22. The van der Waals surface area contributed by atoms with E-state index in [0.29, 0.717) is 18.3 Å².